The van der Waals surface area contributed by atoms with Gasteiger partial charge in [-0.1, -0.05) is 19.1 Å². The lowest BCUT2D eigenvalue weighted by molar-refractivity contribution is -0.135. The molecule has 1 aromatic carbocycles. The Kier molecular flexibility index (Phi) is 4.93. The van der Waals surface area contributed by atoms with E-state index in [-0.39, 0.29) is 11.9 Å². The fraction of sp³-hybridized carbons (Fsp3) is 0.533. The molecule has 1 fully saturated rings. The van der Waals surface area contributed by atoms with E-state index in [1.807, 2.05) is 24.3 Å². The number of methoxy groups -OCH3 is 1. The molecule has 1 atom stereocenters. The monoisotopic (exact) mass is 263 g/mol. The van der Waals surface area contributed by atoms with Gasteiger partial charge in [-0.05, 0) is 24.2 Å². The second-order valence-electron chi connectivity index (χ2n) is 4.75. The first-order valence-electron chi connectivity index (χ1n) is 6.72. The molecule has 0 spiro atoms. The fourth-order valence-electron chi connectivity index (χ4n) is 2.28. The first-order chi connectivity index (χ1) is 9.22. The maximum atomic E-state index is 12.2. The van der Waals surface area contributed by atoms with Crippen LogP contribution in [-0.4, -0.2) is 50.1 Å². The molecule has 1 aliphatic heterocycles. The van der Waals surface area contributed by atoms with Gasteiger partial charge in [-0.25, -0.2) is 0 Å². The first kappa shape index (κ1) is 14.0. The van der Waals surface area contributed by atoms with Crippen LogP contribution in [0.4, 0.5) is 0 Å². The van der Waals surface area contributed by atoms with Crippen molar-refractivity contribution < 1.29 is 14.3 Å². The lowest BCUT2D eigenvalue weighted by Gasteiger charge is -2.31. The largest absolute Gasteiger partial charge is 0.497 e. The van der Waals surface area contributed by atoms with Gasteiger partial charge >= 0.3 is 0 Å². The maximum absolute atomic E-state index is 12.2. The maximum Gasteiger partial charge on any atom is 0.167 e. The zero-order chi connectivity index (χ0) is 13.7. The highest BCUT2D eigenvalue weighted by Gasteiger charge is 2.25. The van der Waals surface area contributed by atoms with Crippen molar-refractivity contribution in [3.63, 3.8) is 0 Å². The summed E-state index contributed by atoms with van der Waals surface area (Å²) in [6.45, 7) is 5.34. The molecule has 0 aliphatic carbocycles. The topological polar surface area (TPSA) is 38.8 Å². The minimum Gasteiger partial charge on any atom is -0.497 e. The summed E-state index contributed by atoms with van der Waals surface area (Å²) in [5.74, 6) is 0.927. The molecule has 2 rings (SSSR count). The number of Topliss-reactive ketones (excluding diaryl/α,β-unsaturated/α-hetero) is 1. The van der Waals surface area contributed by atoms with Gasteiger partial charge in [0.2, 0.25) is 0 Å². The van der Waals surface area contributed by atoms with Crippen molar-refractivity contribution in [2.45, 2.75) is 19.4 Å². The van der Waals surface area contributed by atoms with Crippen LogP contribution in [0.3, 0.4) is 0 Å². The molecule has 0 saturated carbocycles. The van der Waals surface area contributed by atoms with Gasteiger partial charge in [-0.2, -0.15) is 0 Å². The summed E-state index contributed by atoms with van der Waals surface area (Å²) in [6.07, 6.45) is 0.110. The molecule has 0 radical (unpaired) electrons. The lowest BCUT2D eigenvalue weighted by Crippen LogP contribution is -2.46. The molecule has 1 aliphatic rings. The van der Waals surface area contributed by atoms with Gasteiger partial charge in [0.1, 0.15) is 11.9 Å². The van der Waals surface area contributed by atoms with Crippen LogP contribution in [0, 0.1) is 0 Å². The Morgan fingerprint density at radius 1 is 1.53 bits per heavy atom. The van der Waals surface area contributed by atoms with Crippen LogP contribution < -0.4 is 4.74 Å². The molecule has 19 heavy (non-hydrogen) atoms. The van der Waals surface area contributed by atoms with E-state index in [0.29, 0.717) is 19.6 Å². The third-order valence-corrected chi connectivity index (χ3v) is 3.47. The molecule has 1 heterocycles. The average Bonchev–Trinajstić information content (AvgIpc) is 2.47. The van der Waals surface area contributed by atoms with E-state index in [4.69, 9.17) is 9.47 Å². The number of carbonyl (C=O) groups is 1. The third-order valence-electron chi connectivity index (χ3n) is 3.47. The number of carbonyl (C=O) groups excluding carboxylic acids is 1. The molecule has 1 saturated heterocycles. The van der Waals surface area contributed by atoms with Gasteiger partial charge in [0.05, 0.1) is 13.7 Å². The van der Waals surface area contributed by atoms with Gasteiger partial charge < -0.3 is 9.47 Å². The number of hydrogen-bond donors (Lipinski definition) is 0. The fourth-order valence-corrected chi connectivity index (χ4v) is 2.28. The van der Waals surface area contributed by atoms with E-state index >= 15 is 0 Å². The van der Waals surface area contributed by atoms with Crippen molar-refractivity contribution >= 4 is 5.78 Å². The van der Waals surface area contributed by atoms with Gasteiger partial charge in [0.15, 0.2) is 5.78 Å². The summed E-state index contributed by atoms with van der Waals surface area (Å²) in [5, 5.41) is 0. The molecule has 1 unspecified atom stereocenters. The van der Waals surface area contributed by atoms with Crippen LogP contribution in [0.25, 0.3) is 0 Å². The summed E-state index contributed by atoms with van der Waals surface area (Å²) in [4.78, 5) is 14.5. The van der Waals surface area contributed by atoms with E-state index in [1.54, 1.807) is 7.11 Å². The Morgan fingerprint density at radius 3 is 3.11 bits per heavy atom. The number of nitrogens with zero attached hydrogens (tertiary/aromatic N) is 1. The number of ether oxygens (including phenoxy) is 2. The van der Waals surface area contributed by atoms with Crippen LogP contribution in [0.2, 0.25) is 0 Å². The van der Waals surface area contributed by atoms with Gasteiger partial charge in [0.25, 0.3) is 0 Å². The standard InChI is InChI=1S/C15H21NO3/c1-3-16-7-8-19-15(11-16)14(17)10-12-5-4-6-13(9-12)18-2/h4-6,9,15H,3,7-8,10-11H2,1-2H3. The van der Waals surface area contributed by atoms with Crippen molar-refractivity contribution in [1.82, 2.24) is 4.90 Å². The first-order valence-corrected chi connectivity index (χ1v) is 6.72. The second-order valence-corrected chi connectivity index (χ2v) is 4.75. The summed E-state index contributed by atoms with van der Waals surface area (Å²) in [5.41, 5.74) is 0.974. The summed E-state index contributed by atoms with van der Waals surface area (Å²) in [6, 6.07) is 7.63. The van der Waals surface area contributed by atoms with Crippen LogP contribution in [0.1, 0.15) is 12.5 Å². The summed E-state index contributed by atoms with van der Waals surface area (Å²) in [7, 11) is 1.63. The Bertz CT molecular complexity index is 433. The molecule has 4 nitrogen and oxygen atoms in total. The smallest absolute Gasteiger partial charge is 0.167 e. The van der Waals surface area contributed by atoms with Gasteiger partial charge in [0, 0.05) is 19.5 Å². The molecule has 0 aromatic heterocycles. The minimum absolute atomic E-state index is 0.145. The van der Waals surface area contributed by atoms with E-state index in [0.717, 1.165) is 24.4 Å². The number of morpholine rings is 1. The number of benzene rings is 1. The van der Waals surface area contributed by atoms with Crippen LogP contribution in [-0.2, 0) is 16.0 Å². The van der Waals surface area contributed by atoms with Gasteiger partial charge in [-0.15, -0.1) is 0 Å². The second kappa shape index (κ2) is 6.68. The number of ketones is 1. The molecule has 0 bridgehead atoms. The number of hydrogen-bond acceptors (Lipinski definition) is 4. The molecular formula is C15H21NO3. The summed E-state index contributed by atoms with van der Waals surface area (Å²) >= 11 is 0. The summed E-state index contributed by atoms with van der Waals surface area (Å²) < 4.78 is 10.7. The van der Waals surface area contributed by atoms with Gasteiger partial charge in [-0.3, -0.25) is 9.69 Å². The van der Waals surface area contributed by atoms with E-state index < -0.39 is 0 Å². The zero-order valence-electron chi connectivity index (χ0n) is 11.6. The highest BCUT2D eigenvalue weighted by molar-refractivity contribution is 5.85. The molecule has 104 valence electrons. The lowest BCUT2D eigenvalue weighted by atomic mass is 10.0. The van der Waals surface area contributed by atoms with Crippen LogP contribution in [0.5, 0.6) is 5.75 Å². The SMILES string of the molecule is CCN1CCOC(C(=O)Cc2cccc(OC)c2)C1. The van der Waals surface area contributed by atoms with Crippen LogP contribution >= 0.6 is 0 Å². The quantitative estimate of drug-likeness (QED) is 0.807. The van der Waals surface area contributed by atoms with Crippen molar-refractivity contribution in [1.29, 1.82) is 0 Å². The molecule has 0 amide bonds. The third kappa shape index (κ3) is 3.78. The molecule has 4 heteroatoms. The predicted molar refractivity (Wildman–Crippen MR) is 73.6 cm³/mol. The highest BCUT2D eigenvalue weighted by atomic mass is 16.5. The molecule has 1 aromatic rings. The van der Waals surface area contributed by atoms with E-state index in [9.17, 15) is 4.79 Å². The predicted octanol–water partition coefficient (Wildman–Crippen LogP) is 1.53. The van der Waals surface area contributed by atoms with Crippen molar-refractivity contribution in [2.24, 2.45) is 0 Å². The normalized spacial score (nSPS) is 20.2. The number of rotatable bonds is 5. The van der Waals surface area contributed by atoms with Crippen molar-refractivity contribution in [2.75, 3.05) is 33.4 Å². The zero-order valence-corrected chi connectivity index (χ0v) is 11.6. The Morgan fingerprint density at radius 2 is 2.37 bits per heavy atom. The van der Waals surface area contributed by atoms with Crippen molar-refractivity contribution in [3.8, 4) is 5.75 Å². The van der Waals surface area contributed by atoms with E-state index in [1.165, 1.54) is 0 Å². The van der Waals surface area contributed by atoms with E-state index in [2.05, 4.69) is 11.8 Å². The molecular weight excluding hydrogens is 242 g/mol. The minimum atomic E-state index is -0.292. The number of likely N-dealkylation sites (N-methyl/N-ethyl adjacent to an activating group) is 1. The highest BCUT2D eigenvalue weighted by Crippen LogP contribution is 2.15. The van der Waals surface area contributed by atoms with Crippen LogP contribution in [0.15, 0.2) is 24.3 Å². The molecule has 0 N–H and O–H groups in total. The Balaban J connectivity index is 1.96. The Labute approximate surface area is 114 Å². The average molecular weight is 263 g/mol. The Hall–Kier alpha value is -1.39. The van der Waals surface area contributed by atoms with Crippen molar-refractivity contribution in [3.05, 3.63) is 29.8 Å².